The smallest absolute Gasteiger partial charge is 0.416 e. The predicted molar refractivity (Wildman–Crippen MR) is 164 cm³/mol. The summed E-state index contributed by atoms with van der Waals surface area (Å²) in [5, 5.41) is 3.80. The molecule has 49 heavy (non-hydrogen) atoms. The van der Waals surface area contributed by atoms with E-state index in [4.69, 9.17) is 23.5 Å². The Labute approximate surface area is 279 Å². The van der Waals surface area contributed by atoms with E-state index < -0.39 is 61.6 Å². The van der Waals surface area contributed by atoms with Crippen LogP contribution < -0.4 is 4.74 Å². The number of rotatable bonds is 11. The van der Waals surface area contributed by atoms with E-state index in [9.17, 15) is 35.5 Å². The van der Waals surface area contributed by atoms with Crippen molar-refractivity contribution in [1.82, 2.24) is 10.1 Å². The van der Waals surface area contributed by atoms with Crippen LogP contribution in [0.1, 0.15) is 51.8 Å². The van der Waals surface area contributed by atoms with Crippen molar-refractivity contribution in [2.24, 2.45) is 11.8 Å². The molecule has 2 aliphatic heterocycles. The van der Waals surface area contributed by atoms with Crippen molar-refractivity contribution in [1.29, 1.82) is 0 Å². The zero-order chi connectivity index (χ0) is 35.7. The van der Waals surface area contributed by atoms with Crippen LogP contribution in [0.4, 0.5) is 30.7 Å². The van der Waals surface area contributed by atoms with Crippen molar-refractivity contribution in [2.75, 3.05) is 33.1 Å². The van der Waals surface area contributed by atoms with Crippen molar-refractivity contribution in [3.05, 3.63) is 82.4 Å². The van der Waals surface area contributed by atoms with E-state index in [0.717, 1.165) is 6.04 Å². The fraction of sp³-hybridized carbons (Fsp3) is 0.515. The number of aromatic nitrogens is 1. The van der Waals surface area contributed by atoms with Crippen LogP contribution >= 0.6 is 0 Å². The number of nitrogens with zero attached hydrogens (tertiary/aromatic N) is 2. The quantitative estimate of drug-likeness (QED) is 0.0857. The van der Waals surface area contributed by atoms with E-state index in [1.54, 1.807) is 0 Å². The van der Waals surface area contributed by atoms with E-state index in [1.807, 2.05) is 0 Å². The standard InChI is InChI=1S/C33H37F7N2O6Si/c1-19(21-11-23(32(35,36)37)13-24(12-21)33(38,39)40)47-31-29(20-5-7-25(34)8-6-20)26-16-42(15-22(26)17-45-31)30(43)27-14-28(41-48-27)46-18-44-9-10-49(2,3)4/h5-8,11-14,19,22,26,29,31H,9-10,15-18H2,1-4H3/t19-,22+,26-,29+,31-/m1/s1. The van der Waals surface area contributed by atoms with Crippen molar-refractivity contribution < 1.29 is 59.0 Å². The number of carbonyl (C=O) groups is 1. The molecular weight excluding hydrogens is 681 g/mol. The zero-order valence-corrected chi connectivity index (χ0v) is 28.2. The maximum Gasteiger partial charge on any atom is 0.416 e. The average Bonchev–Trinajstić information content (AvgIpc) is 3.67. The number of alkyl halides is 6. The molecule has 8 nitrogen and oxygen atoms in total. The van der Waals surface area contributed by atoms with Gasteiger partial charge in [0.2, 0.25) is 5.76 Å². The lowest BCUT2D eigenvalue weighted by Crippen LogP contribution is -2.42. The van der Waals surface area contributed by atoms with Crippen LogP contribution in [0.25, 0.3) is 0 Å². The van der Waals surface area contributed by atoms with Crippen LogP contribution in [-0.2, 0) is 26.6 Å². The molecule has 268 valence electrons. The van der Waals surface area contributed by atoms with Gasteiger partial charge in [-0.05, 0) is 65.5 Å². The highest BCUT2D eigenvalue weighted by atomic mass is 28.3. The number of benzene rings is 2. The largest absolute Gasteiger partial charge is 0.448 e. The number of likely N-dealkylation sites (tertiary alicyclic amines) is 1. The third-order valence-corrected chi connectivity index (χ3v) is 10.4. The summed E-state index contributed by atoms with van der Waals surface area (Å²) in [5.74, 6) is -2.19. The van der Waals surface area contributed by atoms with Gasteiger partial charge in [-0.1, -0.05) is 31.8 Å². The molecule has 0 aliphatic carbocycles. The highest BCUT2D eigenvalue weighted by molar-refractivity contribution is 6.76. The minimum atomic E-state index is -5.03. The first-order chi connectivity index (χ1) is 22.9. The molecule has 3 heterocycles. The predicted octanol–water partition coefficient (Wildman–Crippen LogP) is 8.15. The first-order valence-electron chi connectivity index (χ1n) is 15.7. The molecule has 0 spiro atoms. The molecular formula is C33H37F7N2O6Si. The highest BCUT2D eigenvalue weighted by Gasteiger charge is 2.49. The van der Waals surface area contributed by atoms with Crippen LogP contribution in [0.5, 0.6) is 5.88 Å². The molecule has 1 aromatic heterocycles. The summed E-state index contributed by atoms with van der Waals surface area (Å²) < 4.78 is 124. The summed E-state index contributed by atoms with van der Waals surface area (Å²) in [6.07, 6.45) is -12.5. The van der Waals surface area contributed by atoms with Crippen molar-refractivity contribution in [3.63, 3.8) is 0 Å². The van der Waals surface area contributed by atoms with Crippen LogP contribution in [0.2, 0.25) is 25.7 Å². The van der Waals surface area contributed by atoms with E-state index in [1.165, 1.54) is 42.2 Å². The number of ether oxygens (including phenoxy) is 4. The zero-order valence-electron chi connectivity index (χ0n) is 27.2. The Morgan fingerprint density at radius 3 is 2.27 bits per heavy atom. The van der Waals surface area contributed by atoms with Crippen molar-refractivity contribution in [3.8, 4) is 5.88 Å². The van der Waals surface area contributed by atoms with Gasteiger partial charge in [-0.2, -0.15) is 26.3 Å². The summed E-state index contributed by atoms with van der Waals surface area (Å²) in [5.41, 5.74) is -2.72. The Balaban J connectivity index is 1.32. The molecule has 0 unspecified atom stereocenters. The Hall–Kier alpha value is -3.47. The third kappa shape index (κ3) is 9.21. The lowest BCUT2D eigenvalue weighted by Gasteiger charge is -2.40. The molecule has 2 aliphatic rings. The molecule has 0 radical (unpaired) electrons. The molecule has 3 aromatic rings. The van der Waals surface area contributed by atoms with Gasteiger partial charge in [0.15, 0.2) is 13.1 Å². The van der Waals surface area contributed by atoms with Gasteiger partial charge in [0.25, 0.3) is 11.8 Å². The Morgan fingerprint density at radius 1 is 1.00 bits per heavy atom. The van der Waals surface area contributed by atoms with Gasteiger partial charge in [0, 0.05) is 39.6 Å². The molecule has 5 atom stereocenters. The maximum absolute atomic E-state index is 13.9. The lowest BCUT2D eigenvalue weighted by atomic mass is 9.77. The molecule has 0 N–H and O–H groups in total. The second-order valence-corrected chi connectivity index (χ2v) is 19.2. The monoisotopic (exact) mass is 718 g/mol. The molecule has 16 heteroatoms. The molecule has 5 rings (SSSR count). The van der Waals surface area contributed by atoms with Crippen molar-refractivity contribution in [2.45, 2.75) is 63.3 Å². The number of hydrogen-bond donors (Lipinski definition) is 0. The topological polar surface area (TPSA) is 83.3 Å². The van der Waals surface area contributed by atoms with Gasteiger partial charge in [-0.3, -0.25) is 4.79 Å². The molecule has 1 amide bonds. The number of hydrogen-bond acceptors (Lipinski definition) is 7. The van der Waals surface area contributed by atoms with Gasteiger partial charge >= 0.3 is 12.4 Å². The van der Waals surface area contributed by atoms with E-state index in [2.05, 4.69) is 24.8 Å². The third-order valence-electron chi connectivity index (χ3n) is 8.67. The summed E-state index contributed by atoms with van der Waals surface area (Å²) in [4.78, 5) is 15.0. The summed E-state index contributed by atoms with van der Waals surface area (Å²) in [7, 11) is -1.27. The van der Waals surface area contributed by atoms with E-state index >= 15 is 0 Å². The van der Waals surface area contributed by atoms with Gasteiger partial charge in [0.1, 0.15) is 5.82 Å². The fourth-order valence-electron chi connectivity index (χ4n) is 6.00. The van der Waals surface area contributed by atoms with E-state index in [-0.39, 0.29) is 61.6 Å². The highest BCUT2D eigenvalue weighted by Crippen LogP contribution is 2.46. The van der Waals surface area contributed by atoms with Crippen LogP contribution in [0, 0.1) is 17.7 Å². The molecule has 0 saturated carbocycles. The first kappa shape index (κ1) is 36.8. The fourth-order valence-corrected chi connectivity index (χ4v) is 6.76. The summed E-state index contributed by atoms with van der Waals surface area (Å²) in [6.45, 7) is 8.99. The van der Waals surface area contributed by atoms with Gasteiger partial charge in [-0.25, -0.2) is 4.39 Å². The Bertz CT molecular complexity index is 1560. The van der Waals surface area contributed by atoms with Gasteiger partial charge in [0.05, 0.1) is 29.9 Å². The molecule has 2 saturated heterocycles. The van der Waals surface area contributed by atoms with E-state index in [0.29, 0.717) is 24.3 Å². The number of halogens is 7. The number of fused-ring (bicyclic) bond motifs is 1. The second-order valence-electron chi connectivity index (χ2n) is 13.5. The minimum absolute atomic E-state index is 0.0518. The minimum Gasteiger partial charge on any atom is -0.448 e. The maximum atomic E-state index is 13.9. The summed E-state index contributed by atoms with van der Waals surface area (Å²) >= 11 is 0. The van der Waals surface area contributed by atoms with Crippen LogP contribution in [0.15, 0.2) is 53.1 Å². The molecule has 2 fully saturated rings. The second kappa shape index (κ2) is 14.4. The van der Waals surface area contributed by atoms with Gasteiger partial charge < -0.3 is 28.4 Å². The van der Waals surface area contributed by atoms with Crippen LogP contribution in [0.3, 0.4) is 0 Å². The summed E-state index contributed by atoms with van der Waals surface area (Å²) in [6, 6.07) is 9.06. The normalized spacial score (nSPS) is 22.2. The van der Waals surface area contributed by atoms with Crippen LogP contribution in [-0.4, -0.2) is 63.4 Å². The first-order valence-corrected chi connectivity index (χ1v) is 19.4. The Morgan fingerprint density at radius 2 is 1.65 bits per heavy atom. The number of carbonyl (C=O) groups excluding carboxylic acids is 1. The number of amides is 1. The SMILES string of the molecule is C[C@@H](O[C@H]1OC[C@@H]2CN(C(=O)c3cc(OCOCC[Si](C)(C)C)no3)C[C@H]2[C@@H]1c1ccc(F)cc1)c1cc(C(F)(F)F)cc(C(F)(F)F)c1. The molecule has 0 bridgehead atoms. The van der Waals surface area contributed by atoms with Crippen molar-refractivity contribution >= 4 is 14.0 Å². The lowest BCUT2D eigenvalue weighted by molar-refractivity contribution is -0.217. The van der Waals surface area contributed by atoms with Gasteiger partial charge in [-0.15, -0.1) is 0 Å². The average molecular weight is 719 g/mol. The molecule has 2 aromatic carbocycles. The Kier molecular flexibility index (Phi) is 10.8.